The number of ether oxygens (including phenoxy) is 3. The van der Waals surface area contributed by atoms with E-state index in [0.717, 1.165) is 96.3 Å². The Hall–Kier alpha value is -3.15. The number of rotatable bonds is 49. The van der Waals surface area contributed by atoms with Gasteiger partial charge in [0.05, 0.1) is 0 Å². The first-order chi connectivity index (χ1) is 32.0. The molecule has 0 N–H and O–H groups in total. The van der Waals surface area contributed by atoms with E-state index in [1.165, 1.54) is 128 Å². The van der Waals surface area contributed by atoms with Crippen molar-refractivity contribution < 1.29 is 28.6 Å². The van der Waals surface area contributed by atoms with Crippen LogP contribution in [0.5, 0.6) is 0 Å². The van der Waals surface area contributed by atoms with Crippen molar-refractivity contribution in [2.75, 3.05) is 13.2 Å². The zero-order chi connectivity index (χ0) is 47.2. The molecular formula is C59H102O6. The lowest BCUT2D eigenvalue weighted by atomic mass is 10.1. The summed E-state index contributed by atoms with van der Waals surface area (Å²) in [7, 11) is 0. The van der Waals surface area contributed by atoms with Crippen molar-refractivity contribution in [2.45, 2.75) is 271 Å². The van der Waals surface area contributed by atoms with Gasteiger partial charge in [-0.3, -0.25) is 14.4 Å². The van der Waals surface area contributed by atoms with Crippen LogP contribution >= 0.6 is 0 Å². The molecule has 0 heterocycles. The van der Waals surface area contributed by atoms with E-state index in [0.29, 0.717) is 19.3 Å². The first-order valence-electron chi connectivity index (χ1n) is 27.4. The van der Waals surface area contributed by atoms with Crippen molar-refractivity contribution in [3.63, 3.8) is 0 Å². The molecule has 0 amide bonds. The summed E-state index contributed by atoms with van der Waals surface area (Å²) in [6, 6.07) is 0. The van der Waals surface area contributed by atoms with E-state index >= 15 is 0 Å². The third-order valence-corrected chi connectivity index (χ3v) is 11.7. The highest BCUT2D eigenvalue weighted by Crippen LogP contribution is 2.15. The van der Waals surface area contributed by atoms with Gasteiger partial charge in [0.25, 0.3) is 0 Å². The SMILES string of the molecule is CC/C=C\C/C=C\C/C=C\C/C=C\C/C=C\CCCCCC(=O)OCC(COC(=O)CCCCCCCCCCCCC)OC(=O)CCCCCCCCC/C=C\CCCCCCCC. The average molecular weight is 907 g/mol. The average Bonchev–Trinajstić information content (AvgIpc) is 3.30. The number of allylic oxidation sites excluding steroid dienone is 12. The van der Waals surface area contributed by atoms with E-state index in [4.69, 9.17) is 14.2 Å². The Labute approximate surface area is 402 Å². The maximum atomic E-state index is 12.8. The Morgan fingerprint density at radius 3 is 0.969 bits per heavy atom. The van der Waals surface area contributed by atoms with Gasteiger partial charge in [0, 0.05) is 19.3 Å². The molecule has 0 spiro atoms. The molecule has 6 nitrogen and oxygen atoms in total. The maximum Gasteiger partial charge on any atom is 0.306 e. The molecule has 374 valence electrons. The second kappa shape index (κ2) is 53.5. The van der Waals surface area contributed by atoms with E-state index in [9.17, 15) is 14.4 Å². The van der Waals surface area contributed by atoms with Crippen LogP contribution in [0.4, 0.5) is 0 Å². The molecule has 0 aromatic carbocycles. The lowest BCUT2D eigenvalue weighted by Gasteiger charge is -2.18. The summed E-state index contributed by atoms with van der Waals surface area (Å²) >= 11 is 0. The number of unbranched alkanes of at least 4 members (excludes halogenated alkanes) is 26. The third kappa shape index (κ3) is 51.7. The molecule has 0 saturated heterocycles. The predicted molar refractivity (Wildman–Crippen MR) is 279 cm³/mol. The number of esters is 3. The van der Waals surface area contributed by atoms with Gasteiger partial charge in [0.1, 0.15) is 13.2 Å². The summed E-state index contributed by atoms with van der Waals surface area (Å²) in [5.41, 5.74) is 0. The largest absolute Gasteiger partial charge is 0.462 e. The van der Waals surface area contributed by atoms with Crippen LogP contribution in [0.25, 0.3) is 0 Å². The monoisotopic (exact) mass is 907 g/mol. The lowest BCUT2D eigenvalue weighted by molar-refractivity contribution is -0.167. The first-order valence-corrected chi connectivity index (χ1v) is 27.4. The van der Waals surface area contributed by atoms with Gasteiger partial charge in [0.15, 0.2) is 6.10 Å². The van der Waals surface area contributed by atoms with Crippen molar-refractivity contribution in [3.8, 4) is 0 Å². The molecule has 1 atom stereocenters. The number of carbonyl (C=O) groups excluding carboxylic acids is 3. The van der Waals surface area contributed by atoms with Gasteiger partial charge in [0.2, 0.25) is 0 Å². The molecule has 0 bridgehead atoms. The Morgan fingerprint density at radius 2 is 0.600 bits per heavy atom. The van der Waals surface area contributed by atoms with Crippen molar-refractivity contribution in [3.05, 3.63) is 72.9 Å². The minimum absolute atomic E-state index is 0.0859. The highest BCUT2D eigenvalue weighted by atomic mass is 16.6. The third-order valence-electron chi connectivity index (χ3n) is 11.7. The second-order valence-corrected chi connectivity index (χ2v) is 18.1. The second-order valence-electron chi connectivity index (χ2n) is 18.1. The van der Waals surface area contributed by atoms with Crippen LogP contribution < -0.4 is 0 Å². The molecule has 0 saturated carbocycles. The molecule has 0 aliphatic carbocycles. The normalized spacial score (nSPS) is 12.6. The van der Waals surface area contributed by atoms with Crippen LogP contribution in [0.3, 0.4) is 0 Å². The Balaban J connectivity index is 4.41. The molecule has 0 aliphatic heterocycles. The molecule has 0 aliphatic rings. The van der Waals surface area contributed by atoms with Gasteiger partial charge < -0.3 is 14.2 Å². The van der Waals surface area contributed by atoms with Crippen LogP contribution in [0.2, 0.25) is 0 Å². The molecule has 0 aromatic heterocycles. The van der Waals surface area contributed by atoms with Gasteiger partial charge in [-0.05, 0) is 89.9 Å². The minimum Gasteiger partial charge on any atom is -0.462 e. The molecule has 0 fully saturated rings. The standard InChI is InChI=1S/C59H102O6/c1-4-7-10-13-16-19-22-24-26-28-29-31-32-34-37-40-43-46-49-52-58(61)64-55-56(54-63-57(60)51-48-45-42-39-36-21-18-15-12-9-6-3)65-59(62)53-50-47-44-41-38-35-33-30-27-25-23-20-17-14-11-8-5-2/h7,10,16,19,24-27,29,31,34,37,56H,4-6,8-9,11-15,17-18,20-23,28,30,32-33,35-36,38-55H2,1-3H3/b10-7-,19-16-,26-24-,27-25-,31-29-,37-34-. The van der Waals surface area contributed by atoms with Gasteiger partial charge >= 0.3 is 17.9 Å². The van der Waals surface area contributed by atoms with Gasteiger partial charge in [-0.15, -0.1) is 0 Å². The van der Waals surface area contributed by atoms with E-state index < -0.39 is 6.10 Å². The number of hydrogen-bond acceptors (Lipinski definition) is 6. The predicted octanol–water partition coefficient (Wildman–Crippen LogP) is 18.2. The number of carbonyl (C=O) groups is 3. The van der Waals surface area contributed by atoms with E-state index in [-0.39, 0.29) is 31.1 Å². The van der Waals surface area contributed by atoms with Crippen molar-refractivity contribution in [1.29, 1.82) is 0 Å². The highest BCUT2D eigenvalue weighted by Gasteiger charge is 2.19. The molecule has 0 radical (unpaired) electrons. The molecule has 65 heavy (non-hydrogen) atoms. The molecule has 0 aromatic rings. The van der Waals surface area contributed by atoms with Crippen LogP contribution in [0, 0.1) is 0 Å². The minimum atomic E-state index is -0.789. The highest BCUT2D eigenvalue weighted by molar-refractivity contribution is 5.71. The Kier molecular flexibility index (Phi) is 50.9. The summed E-state index contributed by atoms with van der Waals surface area (Å²) in [6.45, 7) is 6.49. The maximum absolute atomic E-state index is 12.8. The summed E-state index contributed by atoms with van der Waals surface area (Å²) in [4.78, 5) is 38.0. The fourth-order valence-electron chi connectivity index (χ4n) is 7.58. The molecular weight excluding hydrogens is 805 g/mol. The van der Waals surface area contributed by atoms with E-state index in [1.54, 1.807) is 0 Å². The Bertz CT molecular complexity index is 1230. The molecule has 1 unspecified atom stereocenters. The topological polar surface area (TPSA) is 78.9 Å². The number of hydrogen-bond donors (Lipinski definition) is 0. The smallest absolute Gasteiger partial charge is 0.306 e. The van der Waals surface area contributed by atoms with Crippen LogP contribution in [0.15, 0.2) is 72.9 Å². The van der Waals surface area contributed by atoms with Crippen LogP contribution in [-0.4, -0.2) is 37.2 Å². The van der Waals surface area contributed by atoms with Crippen molar-refractivity contribution in [1.82, 2.24) is 0 Å². The zero-order valence-corrected chi connectivity index (χ0v) is 42.7. The van der Waals surface area contributed by atoms with Gasteiger partial charge in [-0.25, -0.2) is 0 Å². The fourth-order valence-corrected chi connectivity index (χ4v) is 7.58. The quantitative estimate of drug-likeness (QED) is 0.0262. The van der Waals surface area contributed by atoms with Crippen LogP contribution in [0.1, 0.15) is 265 Å². The Morgan fingerprint density at radius 1 is 0.323 bits per heavy atom. The summed E-state index contributed by atoms with van der Waals surface area (Å²) in [5, 5.41) is 0. The van der Waals surface area contributed by atoms with Gasteiger partial charge in [-0.2, -0.15) is 0 Å². The molecule has 0 rings (SSSR count). The summed E-state index contributed by atoms with van der Waals surface area (Å²) < 4.78 is 16.8. The first kappa shape index (κ1) is 61.9. The lowest BCUT2D eigenvalue weighted by Crippen LogP contribution is -2.30. The van der Waals surface area contributed by atoms with Crippen molar-refractivity contribution in [2.24, 2.45) is 0 Å². The van der Waals surface area contributed by atoms with E-state index in [2.05, 4.69) is 93.7 Å². The van der Waals surface area contributed by atoms with E-state index in [1.807, 2.05) is 0 Å². The van der Waals surface area contributed by atoms with Crippen molar-refractivity contribution >= 4 is 17.9 Å². The van der Waals surface area contributed by atoms with Gasteiger partial charge in [-0.1, -0.05) is 229 Å². The zero-order valence-electron chi connectivity index (χ0n) is 42.7. The summed E-state index contributed by atoms with van der Waals surface area (Å²) in [5.74, 6) is -0.919. The molecule has 6 heteroatoms. The van der Waals surface area contributed by atoms with Crippen LogP contribution in [-0.2, 0) is 28.6 Å². The summed E-state index contributed by atoms with van der Waals surface area (Å²) in [6.07, 6.45) is 67.4. The fraction of sp³-hybridized carbons (Fsp3) is 0.746.